The van der Waals surface area contributed by atoms with Crippen molar-refractivity contribution in [3.05, 3.63) is 0 Å². The Morgan fingerprint density at radius 1 is 0.917 bits per heavy atom. The van der Waals surface area contributed by atoms with Crippen molar-refractivity contribution >= 4 is 8.96 Å². The van der Waals surface area contributed by atoms with Gasteiger partial charge in [0.1, 0.15) is 8.96 Å². The molecule has 0 amide bonds. The molecule has 0 rings (SSSR count). The van der Waals surface area contributed by atoms with E-state index in [4.69, 9.17) is 5.40 Å². The summed E-state index contributed by atoms with van der Waals surface area (Å²) in [7, 11) is -1.04. The maximum Gasteiger partial charge on any atom is 0.107 e. The van der Waals surface area contributed by atoms with Crippen LogP contribution in [0, 0.1) is 10.8 Å². The van der Waals surface area contributed by atoms with Gasteiger partial charge in [0, 0.05) is 0 Å². The lowest BCUT2D eigenvalue weighted by molar-refractivity contribution is 0.228. The Hall–Kier alpha value is 0.177. The Labute approximate surface area is 79.4 Å². The average Bonchev–Trinajstić information content (AvgIpc) is 1.49. The molecule has 0 saturated heterocycles. The number of rotatable bonds is 1. The zero-order valence-corrected chi connectivity index (χ0v) is 10.9. The molecular formula is C10H25NSi. The quantitative estimate of drug-likeness (QED) is 0.628. The van der Waals surface area contributed by atoms with Crippen molar-refractivity contribution in [3.8, 4) is 0 Å². The fourth-order valence-corrected chi connectivity index (χ4v) is 6.03. The zero-order valence-electron chi connectivity index (χ0n) is 9.73. The van der Waals surface area contributed by atoms with Crippen molar-refractivity contribution in [2.75, 3.05) is 0 Å². The van der Waals surface area contributed by atoms with E-state index < -0.39 is 8.96 Å². The second kappa shape index (κ2) is 3.50. The molecular weight excluding hydrogens is 162 g/mol. The van der Waals surface area contributed by atoms with Gasteiger partial charge in [-0.15, -0.1) is 0 Å². The molecule has 12 heavy (non-hydrogen) atoms. The summed E-state index contributed by atoms with van der Waals surface area (Å²) in [5.41, 5.74) is 1.42. The minimum atomic E-state index is -1.04. The lowest BCUT2D eigenvalue weighted by Gasteiger charge is -2.42. The molecule has 2 heteroatoms. The summed E-state index contributed by atoms with van der Waals surface area (Å²) in [4.78, 5) is 0. The molecule has 1 nitrogen and oxygen atoms in total. The van der Waals surface area contributed by atoms with Gasteiger partial charge < -0.3 is 5.40 Å². The first-order valence-electron chi connectivity index (χ1n) is 4.82. The van der Waals surface area contributed by atoms with Gasteiger partial charge in [-0.3, -0.25) is 0 Å². The summed E-state index contributed by atoms with van der Waals surface area (Å²) in [5.74, 6) is 0. The Morgan fingerprint density at radius 2 is 1.17 bits per heavy atom. The predicted molar refractivity (Wildman–Crippen MR) is 59.9 cm³/mol. The van der Waals surface area contributed by atoms with Crippen molar-refractivity contribution in [1.29, 1.82) is 0 Å². The normalized spacial score (nSPS) is 16.8. The van der Waals surface area contributed by atoms with Crippen LogP contribution in [0.15, 0.2) is 0 Å². The fourth-order valence-electron chi connectivity index (χ4n) is 2.88. The van der Waals surface area contributed by atoms with Gasteiger partial charge in [0.25, 0.3) is 0 Å². The van der Waals surface area contributed by atoms with Crippen LogP contribution in [0.3, 0.4) is 0 Å². The Morgan fingerprint density at radius 3 is 1.17 bits per heavy atom. The van der Waals surface area contributed by atoms with E-state index in [-0.39, 0.29) is 0 Å². The zero-order chi connectivity index (χ0) is 10.2. The minimum Gasteiger partial charge on any atom is -0.353 e. The molecule has 0 spiro atoms. The monoisotopic (exact) mass is 187 g/mol. The van der Waals surface area contributed by atoms with Crippen molar-refractivity contribution in [3.63, 3.8) is 0 Å². The highest BCUT2D eigenvalue weighted by atomic mass is 28.3. The highest BCUT2D eigenvalue weighted by molar-refractivity contribution is 6.55. The van der Waals surface area contributed by atoms with Gasteiger partial charge in [0.2, 0.25) is 0 Å². The van der Waals surface area contributed by atoms with E-state index in [1.54, 1.807) is 0 Å². The van der Waals surface area contributed by atoms with Crippen molar-refractivity contribution in [2.45, 2.75) is 53.6 Å². The van der Waals surface area contributed by atoms with Gasteiger partial charge in [0.05, 0.1) is 0 Å². The van der Waals surface area contributed by atoms with Crippen LogP contribution in [0.5, 0.6) is 0 Å². The molecule has 0 aromatic heterocycles. The Balaban J connectivity index is 4.70. The van der Waals surface area contributed by atoms with E-state index in [1.165, 1.54) is 0 Å². The average molecular weight is 187 g/mol. The summed E-state index contributed by atoms with van der Waals surface area (Å²) in [5, 5.41) is 6.15. The Bertz CT molecular complexity index is 125. The van der Waals surface area contributed by atoms with E-state index in [0.29, 0.717) is 16.4 Å². The molecule has 0 heterocycles. The summed E-state index contributed by atoms with van der Waals surface area (Å²) < 4.78 is 0. The molecule has 0 aliphatic heterocycles. The fraction of sp³-hybridized carbons (Fsp3) is 1.00. The van der Waals surface area contributed by atoms with Crippen LogP contribution in [0.4, 0.5) is 0 Å². The third-order valence-electron chi connectivity index (χ3n) is 2.39. The standard InChI is InChI=1S/C10H25NSi/c1-9(2,3)8(12(7)11)10(4,5)6/h8,12H,11H2,1-7H3. The number of nitrogens with two attached hydrogens (primary N) is 1. The van der Waals surface area contributed by atoms with Crippen LogP contribution in [0.2, 0.25) is 12.1 Å². The lowest BCUT2D eigenvalue weighted by Crippen LogP contribution is -2.42. The van der Waals surface area contributed by atoms with Crippen LogP contribution in [0.1, 0.15) is 41.5 Å². The molecule has 0 aromatic rings. The van der Waals surface area contributed by atoms with Gasteiger partial charge in [-0.1, -0.05) is 48.1 Å². The maximum atomic E-state index is 6.15. The highest BCUT2D eigenvalue weighted by Gasteiger charge is 2.37. The van der Waals surface area contributed by atoms with E-state index in [9.17, 15) is 0 Å². The van der Waals surface area contributed by atoms with Crippen LogP contribution in [-0.2, 0) is 0 Å². The molecule has 1 unspecified atom stereocenters. The van der Waals surface area contributed by atoms with Gasteiger partial charge in [-0.2, -0.15) is 0 Å². The second-order valence-corrected chi connectivity index (χ2v) is 8.45. The van der Waals surface area contributed by atoms with Gasteiger partial charge >= 0.3 is 0 Å². The summed E-state index contributed by atoms with van der Waals surface area (Å²) in [6, 6.07) is 0. The first kappa shape index (κ1) is 12.2. The van der Waals surface area contributed by atoms with Gasteiger partial charge in [-0.25, -0.2) is 0 Å². The minimum absolute atomic E-state index is 0.360. The largest absolute Gasteiger partial charge is 0.353 e. The van der Waals surface area contributed by atoms with Gasteiger partial charge in [0.15, 0.2) is 0 Å². The lowest BCUT2D eigenvalue weighted by atomic mass is 9.77. The summed E-state index contributed by atoms with van der Waals surface area (Å²) >= 11 is 0. The summed E-state index contributed by atoms with van der Waals surface area (Å²) in [6.45, 7) is 16.1. The van der Waals surface area contributed by atoms with E-state index in [0.717, 1.165) is 0 Å². The van der Waals surface area contributed by atoms with E-state index >= 15 is 0 Å². The summed E-state index contributed by atoms with van der Waals surface area (Å²) in [6.07, 6.45) is 0. The Kier molecular flexibility index (Phi) is 3.56. The number of hydrogen-bond donors (Lipinski definition) is 1. The van der Waals surface area contributed by atoms with E-state index in [1.807, 2.05) is 0 Å². The SMILES string of the molecule is C[SiH](N)C(C(C)(C)C)C(C)(C)C. The van der Waals surface area contributed by atoms with Crippen molar-refractivity contribution in [1.82, 2.24) is 0 Å². The smallest absolute Gasteiger partial charge is 0.107 e. The molecule has 0 aliphatic carbocycles. The topological polar surface area (TPSA) is 26.0 Å². The molecule has 0 radical (unpaired) electrons. The third-order valence-corrected chi connectivity index (χ3v) is 5.44. The molecule has 0 fully saturated rings. The molecule has 2 N–H and O–H groups in total. The molecule has 1 atom stereocenters. The molecule has 0 aromatic carbocycles. The number of hydrogen-bond acceptors (Lipinski definition) is 1. The highest BCUT2D eigenvalue weighted by Crippen LogP contribution is 2.45. The first-order valence-corrected chi connectivity index (χ1v) is 7.31. The van der Waals surface area contributed by atoms with Gasteiger partial charge in [-0.05, 0) is 16.4 Å². The maximum absolute atomic E-state index is 6.15. The molecule has 74 valence electrons. The van der Waals surface area contributed by atoms with Crippen LogP contribution in [-0.4, -0.2) is 8.96 Å². The van der Waals surface area contributed by atoms with Crippen LogP contribution < -0.4 is 5.40 Å². The predicted octanol–water partition coefficient (Wildman–Crippen LogP) is 2.76. The molecule has 0 saturated carbocycles. The van der Waals surface area contributed by atoms with Crippen LogP contribution in [0.25, 0.3) is 0 Å². The van der Waals surface area contributed by atoms with Crippen LogP contribution >= 0.6 is 0 Å². The molecule has 0 aliphatic rings. The first-order chi connectivity index (χ1) is 5.07. The third kappa shape index (κ3) is 3.28. The van der Waals surface area contributed by atoms with Crippen molar-refractivity contribution < 1.29 is 0 Å². The second-order valence-electron chi connectivity index (χ2n) is 6.07. The van der Waals surface area contributed by atoms with Crippen molar-refractivity contribution in [2.24, 2.45) is 16.2 Å². The van der Waals surface area contributed by atoms with E-state index in [2.05, 4.69) is 48.1 Å². The molecule has 0 bridgehead atoms.